The quantitative estimate of drug-likeness (QED) is 0.385. The number of phenolic OH excluding ortho intramolecular Hbond substituents is 2. The lowest BCUT2D eigenvalue weighted by molar-refractivity contribution is 0.0791. The van der Waals surface area contributed by atoms with Gasteiger partial charge in [0, 0.05) is 5.56 Å². The van der Waals surface area contributed by atoms with Crippen molar-refractivity contribution < 1.29 is 15.3 Å². The Morgan fingerprint density at radius 3 is 2.23 bits per heavy atom. The highest BCUT2D eigenvalue weighted by atomic mass is 16.3. The van der Waals surface area contributed by atoms with Crippen LogP contribution in [0, 0.1) is 0 Å². The number of aliphatic hydroxyl groups is 1. The zero-order valence-electron chi connectivity index (χ0n) is 7.57. The van der Waals surface area contributed by atoms with Gasteiger partial charge in [-0.05, 0) is 19.9 Å². The van der Waals surface area contributed by atoms with E-state index in [-0.39, 0.29) is 17.2 Å². The third kappa shape index (κ3) is 1.67. The molecular formula is C9H13NO3. The lowest BCUT2D eigenvalue weighted by Crippen LogP contribution is -2.17. The maximum absolute atomic E-state index is 9.61. The van der Waals surface area contributed by atoms with Crippen LogP contribution in [0.3, 0.4) is 0 Å². The Hall–Kier alpha value is -1.42. The van der Waals surface area contributed by atoms with Gasteiger partial charge in [-0.25, -0.2) is 0 Å². The smallest absolute Gasteiger partial charge is 0.181 e. The fraction of sp³-hybridized carbons (Fsp3) is 0.333. The van der Waals surface area contributed by atoms with Crippen LogP contribution in [-0.2, 0) is 5.60 Å². The van der Waals surface area contributed by atoms with E-state index < -0.39 is 5.60 Å². The number of nitrogens with two attached hydrogens (primary N) is 1. The molecule has 0 saturated carbocycles. The minimum absolute atomic E-state index is 0.00694. The molecule has 0 spiro atoms. The number of phenols is 2. The van der Waals surface area contributed by atoms with E-state index in [0.29, 0.717) is 5.56 Å². The van der Waals surface area contributed by atoms with Gasteiger partial charge in [-0.2, -0.15) is 0 Å². The van der Waals surface area contributed by atoms with E-state index in [9.17, 15) is 10.2 Å². The molecule has 0 heterocycles. The monoisotopic (exact) mass is 183 g/mol. The van der Waals surface area contributed by atoms with Crippen molar-refractivity contribution in [3.8, 4) is 11.5 Å². The average molecular weight is 183 g/mol. The lowest BCUT2D eigenvalue weighted by Gasteiger charge is -2.20. The Kier molecular flexibility index (Phi) is 2.09. The normalized spacial score (nSPS) is 11.6. The fourth-order valence-corrected chi connectivity index (χ4v) is 1.13. The summed E-state index contributed by atoms with van der Waals surface area (Å²) in [5.74, 6) is -0.676. The Bertz CT molecular complexity index is 328. The largest absolute Gasteiger partial charge is 0.504 e. The first-order chi connectivity index (χ1) is 5.84. The van der Waals surface area contributed by atoms with Crippen molar-refractivity contribution in [2.75, 3.05) is 5.73 Å². The van der Waals surface area contributed by atoms with Crippen LogP contribution >= 0.6 is 0 Å². The van der Waals surface area contributed by atoms with Crippen molar-refractivity contribution in [2.24, 2.45) is 0 Å². The predicted octanol–water partition coefficient (Wildman–Crippen LogP) is 0.907. The molecule has 1 aromatic rings. The van der Waals surface area contributed by atoms with Crippen molar-refractivity contribution in [2.45, 2.75) is 19.4 Å². The van der Waals surface area contributed by atoms with Crippen LogP contribution in [0.2, 0.25) is 0 Å². The molecule has 4 nitrogen and oxygen atoms in total. The summed E-state index contributed by atoms with van der Waals surface area (Å²) in [5, 5.41) is 28.0. The Balaban J connectivity index is 3.35. The first-order valence-corrected chi connectivity index (χ1v) is 3.87. The van der Waals surface area contributed by atoms with E-state index in [2.05, 4.69) is 0 Å². The topological polar surface area (TPSA) is 86.7 Å². The average Bonchev–Trinajstić information content (AvgIpc) is 1.98. The summed E-state index contributed by atoms with van der Waals surface area (Å²) in [7, 11) is 0. The van der Waals surface area contributed by atoms with Crippen molar-refractivity contribution in [3.05, 3.63) is 17.7 Å². The molecule has 1 rings (SSSR count). The van der Waals surface area contributed by atoms with E-state index in [0.717, 1.165) is 0 Å². The molecule has 0 aliphatic heterocycles. The van der Waals surface area contributed by atoms with Crippen molar-refractivity contribution in [1.29, 1.82) is 0 Å². The van der Waals surface area contributed by atoms with E-state index in [1.165, 1.54) is 12.1 Å². The maximum atomic E-state index is 9.61. The molecule has 0 atom stereocenters. The number of benzene rings is 1. The third-order valence-electron chi connectivity index (χ3n) is 1.85. The molecule has 1 aromatic carbocycles. The molecule has 4 heteroatoms. The molecule has 0 saturated heterocycles. The highest BCUT2D eigenvalue weighted by Gasteiger charge is 2.21. The van der Waals surface area contributed by atoms with Crippen LogP contribution in [0.25, 0.3) is 0 Å². The molecule has 0 amide bonds. The van der Waals surface area contributed by atoms with Crippen LogP contribution in [0.15, 0.2) is 12.1 Å². The summed E-state index contributed by atoms with van der Waals surface area (Å²) >= 11 is 0. The van der Waals surface area contributed by atoms with Crippen LogP contribution in [0.1, 0.15) is 19.4 Å². The van der Waals surface area contributed by atoms with E-state index in [4.69, 9.17) is 10.8 Å². The summed E-state index contributed by atoms with van der Waals surface area (Å²) < 4.78 is 0. The molecule has 5 N–H and O–H groups in total. The molecular weight excluding hydrogens is 170 g/mol. The van der Waals surface area contributed by atoms with Gasteiger partial charge in [0.15, 0.2) is 11.5 Å². The first-order valence-electron chi connectivity index (χ1n) is 3.87. The first kappa shape index (κ1) is 9.67. The van der Waals surface area contributed by atoms with Gasteiger partial charge in [0.25, 0.3) is 0 Å². The van der Waals surface area contributed by atoms with Crippen LogP contribution in [0.4, 0.5) is 5.69 Å². The van der Waals surface area contributed by atoms with Gasteiger partial charge in [0.2, 0.25) is 0 Å². The molecule has 0 bridgehead atoms. The van der Waals surface area contributed by atoms with Crippen LogP contribution < -0.4 is 5.73 Å². The fourth-order valence-electron chi connectivity index (χ4n) is 1.13. The Morgan fingerprint density at radius 1 is 1.23 bits per heavy atom. The second-order valence-corrected chi connectivity index (χ2v) is 3.45. The van der Waals surface area contributed by atoms with E-state index in [1.807, 2.05) is 0 Å². The molecule has 0 unspecified atom stereocenters. The van der Waals surface area contributed by atoms with Gasteiger partial charge < -0.3 is 21.1 Å². The van der Waals surface area contributed by atoms with Crippen molar-refractivity contribution in [3.63, 3.8) is 0 Å². The summed E-state index contributed by atoms with van der Waals surface area (Å²) in [6, 6.07) is 2.77. The van der Waals surface area contributed by atoms with E-state index in [1.54, 1.807) is 13.8 Å². The standard InChI is InChI=1S/C9H13NO3/c1-9(2,13)5-3-4-6(11)8(12)7(5)10/h3-4,11-13H,10H2,1-2H3. The SMILES string of the molecule is CC(C)(O)c1ccc(O)c(O)c1N. The second kappa shape index (κ2) is 2.81. The molecule has 0 aliphatic rings. The van der Waals surface area contributed by atoms with Gasteiger partial charge in [0.05, 0.1) is 11.3 Å². The number of hydrogen-bond donors (Lipinski definition) is 4. The second-order valence-electron chi connectivity index (χ2n) is 3.45. The lowest BCUT2D eigenvalue weighted by atomic mass is 9.96. The van der Waals surface area contributed by atoms with Gasteiger partial charge >= 0.3 is 0 Å². The zero-order valence-corrected chi connectivity index (χ0v) is 7.57. The molecule has 0 fully saturated rings. The number of hydrogen-bond acceptors (Lipinski definition) is 4. The molecule has 0 aliphatic carbocycles. The summed E-state index contributed by atoms with van der Waals surface area (Å²) in [5.41, 5.74) is 4.77. The van der Waals surface area contributed by atoms with Crippen molar-refractivity contribution in [1.82, 2.24) is 0 Å². The molecule has 0 aromatic heterocycles. The Morgan fingerprint density at radius 2 is 1.77 bits per heavy atom. The summed E-state index contributed by atoms with van der Waals surface area (Å²) in [6.07, 6.45) is 0. The minimum atomic E-state index is -1.13. The highest BCUT2D eigenvalue weighted by molar-refractivity contribution is 5.65. The van der Waals surface area contributed by atoms with Crippen LogP contribution in [0.5, 0.6) is 11.5 Å². The number of nitrogen functional groups attached to an aromatic ring is 1. The zero-order chi connectivity index (χ0) is 10.2. The van der Waals surface area contributed by atoms with Crippen molar-refractivity contribution >= 4 is 5.69 Å². The Labute approximate surface area is 76.2 Å². The number of aromatic hydroxyl groups is 2. The molecule has 0 radical (unpaired) electrons. The van der Waals surface area contributed by atoms with Gasteiger partial charge in [-0.15, -0.1) is 0 Å². The number of rotatable bonds is 1. The third-order valence-corrected chi connectivity index (χ3v) is 1.85. The minimum Gasteiger partial charge on any atom is -0.504 e. The summed E-state index contributed by atoms with van der Waals surface area (Å²) in [6.45, 7) is 3.10. The number of anilines is 1. The van der Waals surface area contributed by atoms with Gasteiger partial charge in [-0.3, -0.25) is 0 Å². The van der Waals surface area contributed by atoms with Crippen LogP contribution in [-0.4, -0.2) is 15.3 Å². The van der Waals surface area contributed by atoms with Gasteiger partial charge in [0.1, 0.15) is 0 Å². The molecule has 13 heavy (non-hydrogen) atoms. The van der Waals surface area contributed by atoms with E-state index >= 15 is 0 Å². The molecule has 72 valence electrons. The van der Waals surface area contributed by atoms with Gasteiger partial charge in [-0.1, -0.05) is 6.07 Å². The maximum Gasteiger partial charge on any atom is 0.181 e. The highest BCUT2D eigenvalue weighted by Crippen LogP contribution is 2.37. The predicted molar refractivity (Wildman–Crippen MR) is 49.4 cm³/mol. The summed E-state index contributed by atoms with van der Waals surface area (Å²) in [4.78, 5) is 0.